The van der Waals surface area contributed by atoms with E-state index in [4.69, 9.17) is 9.47 Å². The predicted octanol–water partition coefficient (Wildman–Crippen LogP) is 2.54. The molecule has 0 unspecified atom stereocenters. The third-order valence-electron chi connectivity index (χ3n) is 3.73. The van der Waals surface area contributed by atoms with E-state index < -0.39 is 5.97 Å². The number of nitrogens with zero attached hydrogens (tertiary/aromatic N) is 2. The Morgan fingerprint density at radius 1 is 1.27 bits per heavy atom. The van der Waals surface area contributed by atoms with Crippen LogP contribution >= 0.6 is 11.9 Å². The Kier molecular flexibility index (Phi) is 3.44. The van der Waals surface area contributed by atoms with Crippen molar-refractivity contribution < 1.29 is 19.4 Å². The van der Waals surface area contributed by atoms with Gasteiger partial charge in [-0.15, -0.1) is 0 Å². The third kappa shape index (κ3) is 1.93. The highest BCUT2D eigenvalue weighted by molar-refractivity contribution is 7.97. The van der Waals surface area contributed by atoms with Crippen LogP contribution in [0.5, 0.6) is 5.75 Å². The van der Waals surface area contributed by atoms with Gasteiger partial charge in [0.1, 0.15) is 11.4 Å². The number of fused-ring (bicyclic) bond motifs is 3. The van der Waals surface area contributed by atoms with Gasteiger partial charge < -0.3 is 23.5 Å². The number of aliphatic hydroxyl groups is 1. The highest BCUT2D eigenvalue weighted by Gasteiger charge is 2.33. The normalized spacial score (nSPS) is 14.3. The molecule has 1 N–H and O–H groups in total. The summed E-state index contributed by atoms with van der Waals surface area (Å²) in [6, 6.07) is 5.72. The first-order valence-electron chi connectivity index (χ1n) is 6.59. The Balaban J connectivity index is 2.32. The average molecular weight is 320 g/mol. The van der Waals surface area contributed by atoms with E-state index in [1.807, 2.05) is 29.8 Å². The number of benzene rings is 1. The van der Waals surface area contributed by atoms with Gasteiger partial charge in [0.05, 0.1) is 19.1 Å². The molecule has 0 saturated carbocycles. The van der Waals surface area contributed by atoms with Gasteiger partial charge in [-0.25, -0.2) is 4.79 Å². The molecule has 116 valence electrons. The minimum atomic E-state index is -0.569. The Morgan fingerprint density at radius 2 is 2.00 bits per heavy atom. The Morgan fingerprint density at radius 3 is 2.64 bits per heavy atom. The van der Waals surface area contributed by atoms with Gasteiger partial charge in [-0.05, 0) is 30.1 Å². The quantitative estimate of drug-likeness (QED) is 0.678. The van der Waals surface area contributed by atoms with Crippen LogP contribution in [-0.4, -0.2) is 41.2 Å². The summed E-state index contributed by atoms with van der Waals surface area (Å²) in [6.07, 6.45) is 0. The van der Waals surface area contributed by atoms with Crippen molar-refractivity contribution >= 4 is 34.6 Å². The molecule has 0 amide bonds. The van der Waals surface area contributed by atoms with Crippen molar-refractivity contribution in [2.45, 2.75) is 4.90 Å². The zero-order valence-electron chi connectivity index (χ0n) is 12.7. The Labute approximate surface area is 132 Å². The number of methoxy groups -OCH3 is 2. The van der Waals surface area contributed by atoms with Gasteiger partial charge in [-0.1, -0.05) is 0 Å². The number of hydrogen-bond donors (Lipinski definition) is 1. The van der Waals surface area contributed by atoms with E-state index in [9.17, 15) is 9.90 Å². The molecular weight excluding hydrogens is 304 g/mol. The molecule has 3 rings (SSSR count). The molecule has 0 radical (unpaired) electrons. The molecule has 6 nitrogen and oxygen atoms in total. The lowest BCUT2D eigenvalue weighted by molar-refractivity contribution is -0.137. The summed E-state index contributed by atoms with van der Waals surface area (Å²) in [5.74, 6) is 0.0909. The van der Waals surface area contributed by atoms with E-state index in [-0.39, 0.29) is 11.5 Å². The van der Waals surface area contributed by atoms with Crippen molar-refractivity contribution in [1.82, 2.24) is 8.87 Å². The van der Waals surface area contributed by atoms with Crippen LogP contribution in [0.1, 0.15) is 5.69 Å². The molecule has 1 aliphatic rings. The summed E-state index contributed by atoms with van der Waals surface area (Å²) in [6.45, 7) is 0. The zero-order chi connectivity index (χ0) is 16.0. The second-order valence-corrected chi connectivity index (χ2v) is 6.04. The number of esters is 1. The standard InChI is InChI=1S/C15H16N2O4S/c1-16-10-6-5-8(20-3)7-9(10)14-11(16)13(18)12(15(19)21-4)17(2)22-14/h5-7,18H,1-4H3. The van der Waals surface area contributed by atoms with Crippen molar-refractivity contribution in [3.63, 3.8) is 0 Å². The summed E-state index contributed by atoms with van der Waals surface area (Å²) in [4.78, 5) is 12.8. The van der Waals surface area contributed by atoms with Crippen LogP contribution < -0.4 is 4.74 Å². The number of aryl methyl sites for hydroxylation is 1. The summed E-state index contributed by atoms with van der Waals surface area (Å²) < 4.78 is 13.5. The van der Waals surface area contributed by atoms with Gasteiger partial charge in [0, 0.05) is 25.0 Å². The van der Waals surface area contributed by atoms with Crippen molar-refractivity contribution in [2.75, 3.05) is 21.3 Å². The molecule has 0 aliphatic carbocycles. The highest BCUT2D eigenvalue weighted by atomic mass is 32.2. The van der Waals surface area contributed by atoms with Gasteiger partial charge in [-0.3, -0.25) is 0 Å². The first kappa shape index (κ1) is 14.6. The van der Waals surface area contributed by atoms with Crippen LogP contribution in [0.25, 0.3) is 16.7 Å². The van der Waals surface area contributed by atoms with Crippen LogP contribution in [0.3, 0.4) is 0 Å². The lowest BCUT2D eigenvalue weighted by Crippen LogP contribution is -2.24. The zero-order valence-corrected chi connectivity index (χ0v) is 13.5. The third-order valence-corrected chi connectivity index (χ3v) is 4.78. The van der Waals surface area contributed by atoms with Gasteiger partial charge in [0.2, 0.25) is 0 Å². The molecule has 1 aromatic heterocycles. The number of hydrogen-bond acceptors (Lipinski definition) is 6. The number of aliphatic hydroxyl groups excluding tert-OH is 1. The fourth-order valence-corrected chi connectivity index (χ4v) is 3.75. The largest absolute Gasteiger partial charge is 0.504 e. The highest BCUT2D eigenvalue weighted by Crippen LogP contribution is 2.45. The Hall–Kier alpha value is -2.28. The maximum absolute atomic E-state index is 11.9. The van der Waals surface area contributed by atoms with Gasteiger partial charge in [-0.2, -0.15) is 0 Å². The van der Waals surface area contributed by atoms with Crippen LogP contribution in [-0.2, 0) is 16.6 Å². The number of rotatable bonds is 2. The summed E-state index contributed by atoms with van der Waals surface area (Å²) in [7, 11) is 6.48. The molecule has 0 saturated heterocycles. The molecule has 7 heteroatoms. The van der Waals surface area contributed by atoms with Gasteiger partial charge >= 0.3 is 5.97 Å². The molecule has 0 fully saturated rings. The number of aromatic nitrogens is 1. The average Bonchev–Trinajstić information content (AvgIpc) is 2.79. The van der Waals surface area contributed by atoms with Crippen molar-refractivity contribution in [3.05, 3.63) is 29.6 Å². The SMILES string of the molecule is COC(=O)C1=C(O)c2c(c3cc(OC)ccc3n2C)SN1C. The second kappa shape index (κ2) is 5.17. The van der Waals surface area contributed by atoms with Crippen molar-refractivity contribution in [2.24, 2.45) is 7.05 Å². The molecule has 2 heterocycles. The van der Waals surface area contributed by atoms with E-state index in [1.165, 1.54) is 19.1 Å². The van der Waals surface area contributed by atoms with E-state index >= 15 is 0 Å². The van der Waals surface area contributed by atoms with Gasteiger partial charge in [0.15, 0.2) is 11.5 Å². The molecule has 0 spiro atoms. The summed E-state index contributed by atoms with van der Waals surface area (Å²) in [5.41, 5.74) is 1.69. The van der Waals surface area contributed by atoms with E-state index in [0.29, 0.717) is 5.69 Å². The molecule has 1 aromatic carbocycles. The maximum Gasteiger partial charge on any atom is 0.359 e. The minimum Gasteiger partial charge on any atom is -0.504 e. The Bertz CT molecular complexity index is 809. The van der Waals surface area contributed by atoms with Crippen molar-refractivity contribution in [1.29, 1.82) is 0 Å². The van der Waals surface area contributed by atoms with Crippen LogP contribution in [0.2, 0.25) is 0 Å². The summed E-state index contributed by atoms with van der Waals surface area (Å²) >= 11 is 1.38. The molecule has 2 aromatic rings. The van der Waals surface area contributed by atoms with Gasteiger partial charge in [0.25, 0.3) is 0 Å². The number of carbonyl (C=O) groups is 1. The molecular formula is C15H16N2O4S. The topological polar surface area (TPSA) is 63.9 Å². The summed E-state index contributed by atoms with van der Waals surface area (Å²) in [5, 5.41) is 11.5. The number of carbonyl (C=O) groups excluding carboxylic acids is 1. The maximum atomic E-state index is 11.9. The first-order chi connectivity index (χ1) is 10.5. The predicted molar refractivity (Wildman–Crippen MR) is 84.7 cm³/mol. The molecule has 0 bridgehead atoms. The van der Waals surface area contributed by atoms with Crippen LogP contribution in [0.15, 0.2) is 28.8 Å². The number of likely N-dealkylation sites (N-methyl/N-ethyl adjacent to an activating group) is 1. The minimum absolute atomic E-state index is 0.0826. The second-order valence-electron chi connectivity index (χ2n) is 4.90. The van der Waals surface area contributed by atoms with Crippen LogP contribution in [0.4, 0.5) is 0 Å². The van der Waals surface area contributed by atoms with Crippen molar-refractivity contribution in [3.8, 4) is 5.75 Å². The lowest BCUT2D eigenvalue weighted by atomic mass is 10.2. The molecule has 1 aliphatic heterocycles. The smallest absolute Gasteiger partial charge is 0.359 e. The van der Waals surface area contributed by atoms with Crippen LogP contribution in [0, 0.1) is 0 Å². The van der Waals surface area contributed by atoms with E-state index in [0.717, 1.165) is 21.5 Å². The number of ether oxygens (including phenoxy) is 2. The fourth-order valence-electron chi connectivity index (χ4n) is 2.64. The fraction of sp³-hybridized carbons (Fsp3) is 0.267. The molecule has 0 atom stereocenters. The first-order valence-corrected chi connectivity index (χ1v) is 7.37. The van der Waals surface area contributed by atoms with E-state index in [1.54, 1.807) is 18.5 Å². The lowest BCUT2D eigenvalue weighted by Gasteiger charge is -2.25. The monoisotopic (exact) mass is 320 g/mol. The molecule has 22 heavy (non-hydrogen) atoms. The van der Waals surface area contributed by atoms with E-state index in [2.05, 4.69) is 0 Å².